The van der Waals surface area contributed by atoms with Crippen LogP contribution in [0.25, 0.3) is 0 Å². The fourth-order valence-corrected chi connectivity index (χ4v) is 4.29. The van der Waals surface area contributed by atoms with Gasteiger partial charge in [-0.25, -0.2) is 13.4 Å². The number of rotatable bonds is 7. The van der Waals surface area contributed by atoms with E-state index in [9.17, 15) is 8.42 Å². The number of benzene rings is 1. The maximum Gasteiger partial charge on any atom is 0.191 e. The molecule has 0 aliphatic carbocycles. The van der Waals surface area contributed by atoms with Gasteiger partial charge in [0.1, 0.15) is 5.75 Å². The molecule has 140 valence electrons. The fraction of sp³-hybridized carbons (Fsp3) is 0.611. The quantitative estimate of drug-likeness (QED) is 0.569. The molecule has 1 unspecified atom stereocenters. The molecule has 1 aromatic carbocycles. The second kappa shape index (κ2) is 9.08. The third-order valence-corrected chi connectivity index (χ3v) is 5.64. The van der Waals surface area contributed by atoms with E-state index < -0.39 is 9.84 Å². The summed E-state index contributed by atoms with van der Waals surface area (Å²) in [6, 6.07) is 7.81. The van der Waals surface area contributed by atoms with Gasteiger partial charge in [-0.2, -0.15) is 0 Å². The van der Waals surface area contributed by atoms with E-state index >= 15 is 0 Å². The highest BCUT2D eigenvalue weighted by atomic mass is 32.2. The van der Waals surface area contributed by atoms with E-state index in [1.165, 1.54) is 0 Å². The second-order valence-electron chi connectivity index (χ2n) is 6.75. The number of aliphatic imine (C=N–C) groups is 1. The summed E-state index contributed by atoms with van der Waals surface area (Å²) in [4.78, 5) is 4.60. The molecule has 2 N–H and O–H groups in total. The first-order chi connectivity index (χ1) is 11.9. The predicted octanol–water partition coefficient (Wildman–Crippen LogP) is 1.96. The summed E-state index contributed by atoms with van der Waals surface area (Å²) in [5.74, 6) is 2.36. The molecule has 1 aliphatic heterocycles. The van der Waals surface area contributed by atoms with Crippen LogP contribution in [-0.2, 0) is 16.4 Å². The molecule has 0 amide bonds. The van der Waals surface area contributed by atoms with Crippen LogP contribution in [0, 0.1) is 5.92 Å². The molecule has 1 heterocycles. The van der Waals surface area contributed by atoms with Gasteiger partial charge in [0.25, 0.3) is 0 Å². The first-order valence-electron chi connectivity index (χ1n) is 8.85. The minimum absolute atomic E-state index is 0.0739. The molecule has 0 radical (unpaired) electrons. The Hall–Kier alpha value is -1.76. The smallest absolute Gasteiger partial charge is 0.191 e. The average molecular weight is 368 g/mol. The first-order valence-corrected chi connectivity index (χ1v) is 10.7. The molecule has 25 heavy (non-hydrogen) atoms. The monoisotopic (exact) mass is 367 g/mol. The molecule has 7 heteroatoms. The van der Waals surface area contributed by atoms with Crippen LogP contribution >= 0.6 is 0 Å². The van der Waals surface area contributed by atoms with Crippen molar-refractivity contribution in [2.75, 3.05) is 24.7 Å². The van der Waals surface area contributed by atoms with Crippen molar-refractivity contribution < 1.29 is 13.2 Å². The minimum Gasteiger partial charge on any atom is -0.493 e. The summed E-state index contributed by atoms with van der Waals surface area (Å²) < 4.78 is 29.1. The van der Waals surface area contributed by atoms with E-state index in [0.29, 0.717) is 31.4 Å². The number of sulfone groups is 1. The van der Waals surface area contributed by atoms with Crippen molar-refractivity contribution in [2.24, 2.45) is 10.9 Å². The van der Waals surface area contributed by atoms with Crippen molar-refractivity contribution >= 4 is 15.8 Å². The zero-order valence-corrected chi connectivity index (χ0v) is 16.1. The van der Waals surface area contributed by atoms with Gasteiger partial charge in [-0.15, -0.1) is 0 Å². The van der Waals surface area contributed by atoms with Gasteiger partial charge in [0.2, 0.25) is 0 Å². The van der Waals surface area contributed by atoms with E-state index in [0.717, 1.165) is 17.9 Å². The SMILES string of the molecule is CCNC(=NCc1ccccc1OCC(C)C)NC1CCS(=O)(=O)C1. The number of para-hydroxylation sites is 1. The van der Waals surface area contributed by atoms with Crippen LogP contribution in [-0.4, -0.2) is 45.1 Å². The maximum absolute atomic E-state index is 11.6. The van der Waals surface area contributed by atoms with Crippen molar-refractivity contribution in [1.29, 1.82) is 0 Å². The number of guanidine groups is 1. The number of hydrogen-bond acceptors (Lipinski definition) is 4. The Morgan fingerprint density at radius 2 is 2.12 bits per heavy atom. The van der Waals surface area contributed by atoms with Gasteiger partial charge >= 0.3 is 0 Å². The average Bonchev–Trinajstić information content (AvgIpc) is 2.90. The Kier molecular flexibility index (Phi) is 7.11. The van der Waals surface area contributed by atoms with E-state index in [-0.39, 0.29) is 17.5 Å². The Bertz CT molecular complexity index is 687. The van der Waals surface area contributed by atoms with Crippen molar-refractivity contribution in [3.63, 3.8) is 0 Å². The molecular weight excluding hydrogens is 338 g/mol. The molecule has 0 aromatic heterocycles. The third kappa shape index (κ3) is 6.57. The van der Waals surface area contributed by atoms with Crippen molar-refractivity contribution in [1.82, 2.24) is 10.6 Å². The van der Waals surface area contributed by atoms with Crippen molar-refractivity contribution in [3.05, 3.63) is 29.8 Å². The maximum atomic E-state index is 11.6. The molecule has 0 bridgehead atoms. The van der Waals surface area contributed by atoms with Crippen LogP contribution in [0.3, 0.4) is 0 Å². The van der Waals surface area contributed by atoms with Crippen LogP contribution in [0.4, 0.5) is 0 Å². The van der Waals surface area contributed by atoms with Gasteiger partial charge in [-0.05, 0) is 25.3 Å². The lowest BCUT2D eigenvalue weighted by atomic mass is 10.2. The normalized spacial score (nSPS) is 19.8. The molecule has 2 rings (SSSR count). The van der Waals surface area contributed by atoms with Crippen LogP contribution in [0.15, 0.2) is 29.3 Å². The highest BCUT2D eigenvalue weighted by molar-refractivity contribution is 7.91. The molecule has 1 fully saturated rings. The summed E-state index contributed by atoms with van der Waals surface area (Å²) in [6.07, 6.45) is 0.626. The third-order valence-electron chi connectivity index (χ3n) is 3.87. The molecular formula is C18H29N3O3S. The lowest BCUT2D eigenvalue weighted by Gasteiger charge is -2.16. The molecule has 0 saturated carbocycles. The Labute approximate surface area is 151 Å². The lowest BCUT2D eigenvalue weighted by molar-refractivity contribution is 0.268. The molecule has 1 atom stereocenters. The lowest BCUT2D eigenvalue weighted by Crippen LogP contribution is -2.44. The summed E-state index contributed by atoms with van der Waals surface area (Å²) in [6.45, 7) is 8.08. The van der Waals surface area contributed by atoms with Gasteiger partial charge in [0.05, 0.1) is 24.7 Å². The molecule has 1 aromatic rings. The standard InChI is InChI=1S/C18H29N3O3S/c1-4-19-18(21-16-9-10-25(22,23)13-16)20-11-15-7-5-6-8-17(15)24-12-14(2)3/h5-8,14,16H,4,9-13H2,1-3H3,(H2,19,20,21). The zero-order chi connectivity index (χ0) is 18.3. The van der Waals surface area contributed by atoms with Gasteiger partial charge in [-0.1, -0.05) is 32.0 Å². The Balaban J connectivity index is 2.03. The van der Waals surface area contributed by atoms with Crippen molar-refractivity contribution in [2.45, 2.75) is 39.8 Å². The number of nitrogens with zero attached hydrogens (tertiary/aromatic N) is 1. The van der Waals surface area contributed by atoms with E-state index in [2.05, 4.69) is 29.5 Å². The topological polar surface area (TPSA) is 79.8 Å². The number of nitrogens with one attached hydrogen (secondary N) is 2. The minimum atomic E-state index is -2.91. The first kappa shape index (κ1) is 19.6. The number of ether oxygens (including phenoxy) is 1. The molecule has 1 aliphatic rings. The van der Waals surface area contributed by atoms with Crippen LogP contribution in [0.5, 0.6) is 5.75 Å². The summed E-state index contributed by atoms with van der Waals surface area (Å²) in [5.41, 5.74) is 1.01. The van der Waals surface area contributed by atoms with Crippen LogP contribution in [0.1, 0.15) is 32.8 Å². The van der Waals surface area contributed by atoms with Gasteiger partial charge in [0.15, 0.2) is 15.8 Å². The van der Waals surface area contributed by atoms with Crippen molar-refractivity contribution in [3.8, 4) is 5.75 Å². The largest absolute Gasteiger partial charge is 0.493 e. The zero-order valence-electron chi connectivity index (χ0n) is 15.3. The van der Waals surface area contributed by atoms with Gasteiger partial charge in [-0.3, -0.25) is 0 Å². The highest BCUT2D eigenvalue weighted by Gasteiger charge is 2.28. The van der Waals surface area contributed by atoms with E-state index in [1.54, 1.807) is 0 Å². The van der Waals surface area contributed by atoms with Crippen LogP contribution in [0.2, 0.25) is 0 Å². The van der Waals surface area contributed by atoms with Crippen LogP contribution < -0.4 is 15.4 Å². The number of hydrogen-bond donors (Lipinski definition) is 2. The summed E-state index contributed by atoms with van der Waals surface area (Å²) >= 11 is 0. The highest BCUT2D eigenvalue weighted by Crippen LogP contribution is 2.19. The fourth-order valence-electron chi connectivity index (χ4n) is 2.62. The van der Waals surface area contributed by atoms with E-state index in [1.807, 2.05) is 31.2 Å². The summed E-state index contributed by atoms with van der Waals surface area (Å²) in [5, 5.41) is 6.41. The predicted molar refractivity (Wildman–Crippen MR) is 102 cm³/mol. The van der Waals surface area contributed by atoms with E-state index in [4.69, 9.17) is 4.74 Å². The summed E-state index contributed by atoms with van der Waals surface area (Å²) in [7, 11) is -2.91. The second-order valence-corrected chi connectivity index (χ2v) is 8.98. The molecule has 1 saturated heterocycles. The van der Waals surface area contributed by atoms with Gasteiger partial charge < -0.3 is 15.4 Å². The molecule has 6 nitrogen and oxygen atoms in total. The Morgan fingerprint density at radius 1 is 1.36 bits per heavy atom. The van der Waals surface area contributed by atoms with Gasteiger partial charge in [0, 0.05) is 18.2 Å². The molecule has 0 spiro atoms. The Morgan fingerprint density at radius 3 is 2.76 bits per heavy atom.